The molecule has 3 rings (SSSR count). The lowest BCUT2D eigenvalue weighted by atomic mass is 9.99. The van der Waals surface area contributed by atoms with Gasteiger partial charge in [-0.3, -0.25) is 0 Å². The molecule has 0 spiro atoms. The van der Waals surface area contributed by atoms with Crippen LogP contribution in [-0.2, 0) is 6.67 Å². The number of hydrogen-bond acceptors (Lipinski definition) is 1. The van der Waals surface area contributed by atoms with Crippen molar-refractivity contribution in [3.8, 4) is 28.3 Å². The summed E-state index contributed by atoms with van der Waals surface area (Å²) in [5, 5.41) is 8.83. The van der Waals surface area contributed by atoms with Gasteiger partial charge in [-0.25, -0.2) is 4.39 Å². The average Bonchev–Trinajstić information content (AvgIpc) is 2.62. The Bertz CT molecular complexity index is 794. The number of benzene rings is 3. The summed E-state index contributed by atoms with van der Waals surface area (Å²) in [7, 11) is 0. The number of nitrogens with zero attached hydrogens (tertiary/aromatic N) is 1. The van der Waals surface area contributed by atoms with Crippen LogP contribution < -0.4 is 0 Å². The summed E-state index contributed by atoms with van der Waals surface area (Å²) in [6.45, 7) is -0.433. The predicted octanol–water partition coefficient (Wildman–Crippen LogP) is 5.36. The summed E-state index contributed by atoms with van der Waals surface area (Å²) in [6, 6.07) is 25.4. The van der Waals surface area contributed by atoms with Crippen LogP contribution in [0.15, 0.2) is 72.8 Å². The van der Waals surface area contributed by atoms with E-state index in [2.05, 4.69) is 30.3 Å². The second-order valence-electron chi connectivity index (χ2n) is 5.10. The number of hydrogen-bond donors (Lipinski definition) is 0. The first-order valence-electron chi connectivity index (χ1n) is 7.06. The highest BCUT2D eigenvalue weighted by atomic mass is 19.1. The van der Waals surface area contributed by atoms with Gasteiger partial charge in [0.2, 0.25) is 0 Å². The first kappa shape index (κ1) is 14.0. The molecule has 0 saturated heterocycles. The Kier molecular flexibility index (Phi) is 3.98. The molecule has 0 aliphatic rings. The predicted molar refractivity (Wildman–Crippen MR) is 86.8 cm³/mol. The molecule has 0 fully saturated rings. The van der Waals surface area contributed by atoms with Crippen LogP contribution in [0.25, 0.3) is 22.3 Å². The standard InChI is InChI=1S/C20H14FN/c21-13-15-1-5-17(6-2-15)19-9-11-20(12-10-19)18-7-3-16(14-22)4-8-18/h1-12H,13H2. The van der Waals surface area contributed by atoms with E-state index in [9.17, 15) is 4.39 Å². The fourth-order valence-corrected chi connectivity index (χ4v) is 2.38. The Morgan fingerprint density at radius 3 is 1.36 bits per heavy atom. The van der Waals surface area contributed by atoms with Gasteiger partial charge in [-0.15, -0.1) is 0 Å². The van der Waals surface area contributed by atoms with Crippen molar-refractivity contribution in [1.82, 2.24) is 0 Å². The average molecular weight is 287 g/mol. The Morgan fingerprint density at radius 1 is 0.636 bits per heavy atom. The molecule has 1 nitrogen and oxygen atoms in total. The van der Waals surface area contributed by atoms with E-state index in [-0.39, 0.29) is 0 Å². The molecular weight excluding hydrogens is 273 g/mol. The van der Waals surface area contributed by atoms with Crippen LogP contribution in [0.3, 0.4) is 0 Å². The van der Waals surface area contributed by atoms with Gasteiger partial charge in [0.05, 0.1) is 11.6 Å². The van der Waals surface area contributed by atoms with Crippen molar-refractivity contribution in [2.45, 2.75) is 6.67 Å². The smallest absolute Gasteiger partial charge is 0.115 e. The zero-order valence-corrected chi connectivity index (χ0v) is 12.0. The van der Waals surface area contributed by atoms with Gasteiger partial charge in [0.1, 0.15) is 6.67 Å². The third-order valence-corrected chi connectivity index (χ3v) is 3.67. The van der Waals surface area contributed by atoms with Crippen LogP contribution in [-0.4, -0.2) is 0 Å². The molecule has 0 N–H and O–H groups in total. The second kappa shape index (κ2) is 6.24. The van der Waals surface area contributed by atoms with E-state index in [1.807, 2.05) is 48.5 Å². The van der Waals surface area contributed by atoms with Gasteiger partial charge in [0.25, 0.3) is 0 Å². The largest absolute Gasteiger partial charge is 0.246 e. The van der Waals surface area contributed by atoms with Gasteiger partial charge in [-0.1, -0.05) is 60.7 Å². The van der Waals surface area contributed by atoms with Crippen LogP contribution in [0.1, 0.15) is 11.1 Å². The molecule has 22 heavy (non-hydrogen) atoms. The monoisotopic (exact) mass is 287 g/mol. The van der Waals surface area contributed by atoms with E-state index in [1.165, 1.54) is 0 Å². The van der Waals surface area contributed by atoms with Gasteiger partial charge in [-0.05, 0) is 39.9 Å². The van der Waals surface area contributed by atoms with Gasteiger partial charge in [0, 0.05) is 0 Å². The number of nitriles is 1. The first-order valence-corrected chi connectivity index (χ1v) is 7.06. The molecule has 0 bridgehead atoms. The fourth-order valence-electron chi connectivity index (χ4n) is 2.38. The Hall–Kier alpha value is -2.92. The molecule has 0 atom stereocenters. The lowest BCUT2D eigenvalue weighted by Gasteiger charge is -2.06. The highest BCUT2D eigenvalue weighted by molar-refractivity contribution is 5.70. The zero-order valence-electron chi connectivity index (χ0n) is 12.0. The minimum Gasteiger partial charge on any atom is -0.246 e. The zero-order chi connectivity index (χ0) is 15.4. The van der Waals surface area contributed by atoms with Gasteiger partial charge >= 0.3 is 0 Å². The van der Waals surface area contributed by atoms with Crippen molar-refractivity contribution in [3.05, 3.63) is 83.9 Å². The molecule has 0 aliphatic heterocycles. The normalized spacial score (nSPS) is 10.2. The molecule has 0 radical (unpaired) electrons. The molecule has 0 aromatic heterocycles. The van der Waals surface area contributed by atoms with E-state index in [4.69, 9.17) is 5.26 Å². The van der Waals surface area contributed by atoms with Crippen molar-refractivity contribution in [1.29, 1.82) is 5.26 Å². The highest BCUT2D eigenvalue weighted by Crippen LogP contribution is 2.25. The molecule has 0 unspecified atom stereocenters. The number of rotatable bonds is 3. The molecule has 0 saturated carbocycles. The summed E-state index contributed by atoms with van der Waals surface area (Å²) in [6.07, 6.45) is 0. The van der Waals surface area contributed by atoms with E-state index < -0.39 is 6.67 Å². The number of halogens is 1. The fraction of sp³-hybridized carbons (Fsp3) is 0.0500. The van der Waals surface area contributed by atoms with E-state index in [1.54, 1.807) is 0 Å². The van der Waals surface area contributed by atoms with Gasteiger partial charge in [0.15, 0.2) is 0 Å². The van der Waals surface area contributed by atoms with E-state index in [0.717, 1.165) is 22.3 Å². The summed E-state index contributed by atoms with van der Waals surface area (Å²) < 4.78 is 12.5. The van der Waals surface area contributed by atoms with Crippen LogP contribution in [0, 0.1) is 11.3 Å². The quantitative estimate of drug-likeness (QED) is 0.636. The maximum Gasteiger partial charge on any atom is 0.115 e. The molecule has 3 aromatic carbocycles. The maximum atomic E-state index is 12.5. The summed E-state index contributed by atoms with van der Waals surface area (Å²) in [5.41, 5.74) is 5.71. The summed E-state index contributed by atoms with van der Waals surface area (Å²) >= 11 is 0. The molecule has 2 heteroatoms. The van der Waals surface area contributed by atoms with E-state index >= 15 is 0 Å². The minimum atomic E-state index is -0.433. The Labute approximate surface area is 129 Å². The molecule has 0 heterocycles. The van der Waals surface area contributed by atoms with Crippen molar-refractivity contribution in [3.63, 3.8) is 0 Å². The van der Waals surface area contributed by atoms with Crippen molar-refractivity contribution in [2.75, 3.05) is 0 Å². The number of alkyl halides is 1. The van der Waals surface area contributed by atoms with Crippen molar-refractivity contribution < 1.29 is 4.39 Å². The van der Waals surface area contributed by atoms with E-state index in [0.29, 0.717) is 11.1 Å². The van der Waals surface area contributed by atoms with Crippen LogP contribution in [0.4, 0.5) is 4.39 Å². The third kappa shape index (κ3) is 2.89. The Balaban J connectivity index is 1.86. The molecule has 0 amide bonds. The van der Waals surface area contributed by atoms with Crippen LogP contribution in [0.5, 0.6) is 0 Å². The molecule has 106 valence electrons. The topological polar surface area (TPSA) is 23.8 Å². The highest BCUT2D eigenvalue weighted by Gasteiger charge is 2.01. The van der Waals surface area contributed by atoms with Crippen LogP contribution in [0.2, 0.25) is 0 Å². The molecular formula is C20H14FN. The summed E-state index contributed by atoms with van der Waals surface area (Å²) in [5.74, 6) is 0. The van der Waals surface area contributed by atoms with Crippen LogP contribution >= 0.6 is 0 Å². The molecule has 0 aliphatic carbocycles. The first-order chi connectivity index (χ1) is 10.8. The SMILES string of the molecule is N#Cc1ccc(-c2ccc(-c3ccc(CF)cc3)cc2)cc1. The van der Waals surface area contributed by atoms with Crippen molar-refractivity contribution >= 4 is 0 Å². The lowest BCUT2D eigenvalue weighted by Crippen LogP contribution is -1.82. The maximum absolute atomic E-state index is 12.5. The summed E-state index contributed by atoms with van der Waals surface area (Å²) in [4.78, 5) is 0. The van der Waals surface area contributed by atoms with Crippen molar-refractivity contribution in [2.24, 2.45) is 0 Å². The molecule has 3 aromatic rings. The second-order valence-corrected chi connectivity index (χ2v) is 5.10. The minimum absolute atomic E-state index is 0.433. The van der Waals surface area contributed by atoms with Gasteiger partial charge < -0.3 is 0 Å². The van der Waals surface area contributed by atoms with Gasteiger partial charge in [-0.2, -0.15) is 5.26 Å². The Morgan fingerprint density at radius 2 is 1.00 bits per heavy atom. The third-order valence-electron chi connectivity index (χ3n) is 3.67. The lowest BCUT2D eigenvalue weighted by molar-refractivity contribution is 0.485.